The molecular weight excluding hydrogens is 348 g/mol. The van der Waals surface area contributed by atoms with E-state index in [-0.39, 0.29) is 11.7 Å². The molecule has 1 aliphatic heterocycles. The molecule has 1 aromatic rings. The molecule has 98 valence electrons. The van der Waals surface area contributed by atoms with Gasteiger partial charge in [0, 0.05) is 19.2 Å². The first-order valence-corrected chi connectivity index (χ1v) is 6.71. The highest BCUT2D eigenvalue weighted by Gasteiger charge is 2.39. The smallest absolute Gasteiger partial charge is 0.225 e. The van der Waals surface area contributed by atoms with E-state index in [9.17, 15) is 9.18 Å². The maximum atomic E-state index is 13.6. The van der Waals surface area contributed by atoms with Crippen LogP contribution in [-0.2, 0) is 4.79 Å². The number of amides is 1. The van der Waals surface area contributed by atoms with Crippen LogP contribution in [0.15, 0.2) is 12.1 Å². The zero-order valence-electron chi connectivity index (χ0n) is 10.0. The molecule has 0 aliphatic carbocycles. The molecule has 2 rings (SSSR count). The number of anilines is 2. The van der Waals surface area contributed by atoms with Crippen LogP contribution in [0.2, 0.25) is 0 Å². The summed E-state index contributed by atoms with van der Waals surface area (Å²) in [6, 6.07) is 3.02. The number of nitrogens with zero attached hydrogens (tertiary/aromatic N) is 1. The second kappa shape index (κ2) is 4.56. The molecule has 1 amide bonds. The van der Waals surface area contributed by atoms with E-state index in [1.54, 1.807) is 6.07 Å². The van der Waals surface area contributed by atoms with Crippen molar-refractivity contribution in [1.29, 1.82) is 0 Å². The van der Waals surface area contributed by atoms with Crippen molar-refractivity contribution in [3.63, 3.8) is 0 Å². The molecule has 0 bridgehead atoms. The van der Waals surface area contributed by atoms with Crippen molar-refractivity contribution < 1.29 is 9.18 Å². The molecule has 4 nitrogen and oxygen atoms in total. The van der Waals surface area contributed by atoms with E-state index in [0.29, 0.717) is 34.5 Å². The molecule has 1 saturated heterocycles. The van der Waals surface area contributed by atoms with E-state index in [0.717, 1.165) is 0 Å². The van der Waals surface area contributed by atoms with Gasteiger partial charge in [-0.25, -0.2) is 4.39 Å². The monoisotopic (exact) mass is 363 g/mol. The fourth-order valence-corrected chi connectivity index (χ4v) is 2.68. The van der Waals surface area contributed by atoms with E-state index in [1.807, 2.05) is 34.4 Å². The first-order valence-electron chi connectivity index (χ1n) is 5.63. The van der Waals surface area contributed by atoms with Crippen molar-refractivity contribution >= 4 is 39.9 Å². The highest BCUT2D eigenvalue weighted by molar-refractivity contribution is 14.1. The Hall–Kier alpha value is -1.05. The van der Waals surface area contributed by atoms with Gasteiger partial charge >= 0.3 is 0 Å². The van der Waals surface area contributed by atoms with Crippen LogP contribution in [0, 0.1) is 14.8 Å². The highest BCUT2D eigenvalue weighted by atomic mass is 127. The summed E-state index contributed by atoms with van der Waals surface area (Å²) in [5.41, 5.74) is 11.9. The van der Waals surface area contributed by atoms with E-state index in [2.05, 4.69) is 0 Å². The third-order valence-corrected chi connectivity index (χ3v) is 4.31. The fourth-order valence-electron chi connectivity index (χ4n) is 2.19. The number of carbonyl (C=O) groups is 1. The summed E-state index contributed by atoms with van der Waals surface area (Å²) in [7, 11) is 0. The molecule has 0 spiro atoms. The average molecular weight is 363 g/mol. The van der Waals surface area contributed by atoms with Gasteiger partial charge in [0.1, 0.15) is 5.82 Å². The lowest BCUT2D eigenvalue weighted by atomic mass is 9.89. The number of rotatable bonds is 2. The number of benzene rings is 1. The number of hydrogen-bond acceptors (Lipinski definition) is 3. The lowest BCUT2D eigenvalue weighted by Crippen LogP contribution is -2.37. The van der Waals surface area contributed by atoms with Gasteiger partial charge in [-0.15, -0.1) is 0 Å². The topological polar surface area (TPSA) is 72.4 Å². The van der Waals surface area contributed by atoms with E-state index in [1.165, 1.54) is 6.07 Å². The Labute approximate surface area is 119 Å². The quantitative estimate of drug-likeness (QED) is 0.621. The molecule has 0 saturated carbocycles. The summed E-state index contributed by atoms with van der Waals surface area (Å²) < 4.78 is 14.1. The molecule has 18 heavy (non-hydrogen) atoms. The molecule has 1 aliphatic rings. The number of primary amides is 1. The van der Waals surface area contributed by atoms with Crippen LogP contribution in [0.3, 0.4) is 0 Å². The van der Waals surface area contributed by atoms with Gasteiger partial charge in [0.2, 0.25) is 5.91 Å². The van der Waals surface area contributed by atoms with Crippen LogP contribution in [-0.4, -0.2) is 19.0 Å². The maximum absolute atomic E-state index is 13.6. The fraction of sp³-hybridized carbons (Fsp3) is 0.417. The van der Waals surface area contributed by atoms with Gasteiger partial charge in [-0.3, -0.25) is 4.79 Å². The molecule has 0 radical (unpaired) electrons. The number of nitrogen functional groups attached to an aromatic ring is 1. The van der Waals surface area contributed by atoms with Crippen LogP contribution in [0.4, 0.5) is 15.8 Å². The van der Waals surface area contributed by atoms with Gasteiger partial charge in [-0.05, 0) is 42.0 Å². The molecular formula is C12H15FIN3O. The summed E-state index contributed by atoms with van der Waals surface area (Å²) in [6.45, 7) is 2.96. The third kappa shape index (κ3) is 2.25. The summed E-state index contributed by atoms with van der Waals surface area (Å²) in [4.78, 5) is 13.3. The molecule has 1 aromatic carbocycles. The zero-order chi connectivity index (χ0) is 13.5. The Bertz CT molecular complexity index is 508. The zero-order valence-corrected chi connectivity index (χ0v) is 12.2. The van der Waals surface area contributed by atoms with Gasteiger partial charge in [0.15, 0.2) is 0 Å². The number of nitrogens with two attached hydrogens (primary N) is 2. The van der Waals surface area contributed by atoms with Gasteiger partial charge in [-0.2, -0.15) is 0 Å². The Morgan fingerprint density at radius 1 is 1.56 bits per heavy atom. The summed E-state index contributed by atoms with van der Waals surface area (Å²) in [5.74, 6) is -0.623. The second-order valence-corrected chi connectivity index (χ2v) is 6.08. The molecule has 0 aromatic heterocycles. The Morgan fingerprint density at radius 2 is 2.22 bits per heavy atom. The Kier molecular flexibility index (Phi) is 3.39. The van der Waals surface area contributed by atoms with Gasteiger partial charge in [0.25, 0.3) is 0 Å². The summed E-state index contributed by atoms with van der Waals surface area (Å²) in [6.07, 6.45) is 0.662. The van der Waals surface area contributed by atoms with Crippen LogP contribution in [0.25, 0.3) is 0 Å². The average Bonchev–Trinajstić information content (AvgIpc) is 2.68. The van der Waals surface area contributed by atoms with Gasteiger partial charge in [-0.1, -0.05) is 0 Å². The number of hydrogen-bond donors (Lipinski definition) is 2. The predicted molar refractivity (Wildman–Crippen MR) is 77.7 cm³/mol. The van der Waals surface area contributed by atoms with Crippen LogP contribution in [0.5, 0.6) is 0 Å². The summed E-state index contributed by atoms with van der Waals surface area (Å²) in [5, 5.41) is 0. The van der Waals surface area contributed by atoms with Crippen molar-refractivity contribution in [3.8, 4) is 0 Å². The van der Waals surface area contributed by atoms with Crippen molar-refractivity contribution in [1.82, 2.24) is 0 Å². The number of halogens is 2. The van der Waals surface area contributed by atoms with Gasteiger partial charge < -0.3 is 16.4 Å². The first kappa shape index (κ1) is 13.4. The maximum Gasteiger partial charge on any atom is 0.225 e. The van der Waals surface area contributed by atoms with Crippen LogP contribution < -0.4 is 16.4 Å². The SMILES string of the molecule is CC1(C(N)=O)CCN(c2cc(F)c(I)cc2N)C1. The minimum Gasteiger partial charge on any atom is -0.397 e. The predicted octanol–water partition coefficient (Wildman–Crippen LogP) is 1.71. The molecule has 1 atom stereocenters. The van der Waals surface area contributed by atoms with Crippen molar-refractivity contribution in [2.24, 2.45) is 11.1 Å². The van der Waals surface area contributed by atoms with Crippen LogP contribution in [0.1, 0.15) is 13.3 Å². The standard InChI is InChI=1S/C12H15FIN3O/c1-12(11(16)18)2-3-17(6-12)10-4-7(13)8(14)5-9(10)15/h4-5H,2-3,6,15H2,1H3,(H2,16,18). The first-order chi connectivity index (χ1) is 8.33. The molecule has 1 fully saturated rings. The third-order valence-electron chi connectivity index (χ3n) is 3.48. The lowest BCUT2D eigenvalue weighted by molar-refractivity contribution is -0.125. The normalized spacial score (nSPS) is 23.4. The highest BCUT2D eigenvalue weighted by Crippen LogP contribution is 2.36. The van der Waals surface area contributed by atoms with Crippen LogP contribution >= 0.6 is 22.6 Å². The largest absolute Gasteiger partial charge is 0.397 e. The van der Waals surface area contributed by atoms with Crippen molar-refractivity contribution in [3.05, 3.63) is 21.5 Å². The molecule has 1 heterocycles. The van der Waals surface area contributed by atoms with Crippen molar-refractivity contribution in [2.45, 2.75) is 13.3 Å². The minimum absolute atomic E-state index is 0.299. The Balaban J connectivity index is 2.30. The molecule has 4 N–H and O–H groups in total. The van der Waals surface area contributed by atoms with Gasteiger partial charge in [0.05, 0.1) is 20.4 Å². The van der Waals surface area contributed by atoms with E-state index >= 15 is 0 Å². The molecule has 1 unspecified atom stereocenters. The minimum atomic E-state index is -0.564. The lowest BCUT2D eigenvalue weighted by Gasteiger charge is -2.24. The summed E-state index contributed by atoms with van der Waals surface area (Å²) >= 11 is 1.90. The van der Waals surface area contributed by atoms with E-state index < -0.39 is 5.41 Å². The van der Waals surface area contributed by atoms with Crippen molar-refractivity contribution in [2.75, 3.05) is 23.7 Å². The Morgan fingerprint density at radius 3 is 2.78 bits per heavy atom. The van der Waals surface area contributed by atoms with E-state index in [4.69, 9.17) is 11.5 Å². The molecule has 6 heteroatoms. The second-order valence-electron chi connectivity index (χ2n) is 4.92. The number of carbonyl (C=O) groups excluding carboxylic acids is 1.